The monoisotopic (exact) mass is 443 g/mol. The van der Waals surface area contributed by atoms with E-state index in [2.05, 4.69) is 32.4 Å². The molecule has 6 heterocycles. The highest BCUT2D eigenvalue weighted by molar-refractivity contribution is 5.81. The second-order valence-electron chi connectivity index (χ2n) is 9.06. The minimum absolute atomic E-state index is 0.158. The first kappa shape index (κ1) is 20.0. The number of piperazine rings is 1. The average molecular weight is 444 g/mol. The number of amides is 1. The van der Waals surface area contributed by atoms with Crippen molar-refractivity contribution in [3.8, 4) is 22.9 Å². The number of fused-ring (bicyclic) bond motifs is 3. The molecule has 0 saturated carbocycles. The smallest absolute Gasteiger partial charge is 0.228 e. The van der Waals surface area contributed by atoms with Crippen LogP contribution in [0.2, 0.25) is 0 Å². The molecule has 3 aromatic rings. The Morgan fingerprint density at radius 3 is 2.58 bits per heavy atom. The number of hydrogen-bond donors (Lipinski definition) is 1. The van der Waals surface area contributed by atoms with Crippen molar-refractivity contribution in [3.63, 3.8) is 0 Å². The third-order valence-electron chi connectivity index (χ3n) is 7.19. The van der Waals surface area contributed by atoms with Crippen molar-refractivity contribution in [1.82, 2.24) is 24.8 Å². The molecule has 2 unspecified atom stereocenters. The number of nitrogens with zero attached hydrogens (tertiary/aromatic N) is 6. The van der Waals surface area contributed by atoms with E-state index in [0.29, 0.717) is 22.7 Å². The molecule has 3 saturated heterocycles. The summed E-state index contributed by atoms with van der Waals surface area (Å²) in [6, 6.07) is 8.72. The number of methoxy groups -OCH3 is 1. The van der Waals surface area contributed by atoms with Gasteiger partial charge in [-0.1, -0.05) is 0 Å². The van der Waals surface area contributed by atoms with Gasteiger partial charge in [0.15, 0.2) is 0 Å². The Bertz CT molecular complexity index is 1240. The lowest BCUT2D eigenvalue weighted by Crippen LogP contribution is -2.61. The highest BCUT2D eigenvalue weighted by Gasteiger charge is 2.45. The van der Waals surface area contributed by atoms with Gasteiger partial charge in [0.25, 0.3) is 0 Å². The molecule has 9 heteroatoms. The summed E-state index contributed by atoms with van der Waals surface area (Å²) in [6.07, 6.45) is 7.43. The van der Waals surface area contributed by atoms with Crippen LogP contribution in [0.3, 0.4) is 0 Å². The summed E-state index contributed by atoms with van der Waals surface area (Å²) in [7, 11) is 1.59. The van der Waals surface area contributed by atoms with Gasteiger partial charge in [-0.15, -0.1) is 0 Å². The minimum atomic E-state index is 0.158. The molecular formula is C24H25N7O2. The lowest BCUT2D eigenvalue weighted by Gasteiger charge is -2.44. The van der Waals surface area contributed by atoms with Crippen LogP contribution >= 0.6 is 0 Å². The Labute approximate surface area is 191 Å². The normalized spacial score (nSPS) is 22.3. The van der Waals surface area contributed by atoms with Gasteiger partial charge in [-0.25, -0.2) is 9.50 Å². The van der Waals surface area contributed by atoms with E-state index in [4.69, 9.17) is 9.72 Å². The van der Waals surface area contributed by atoms with Crippen LogP contribution < -0.4 is 15.0 Å². The van der Waals surface area contributed by atoms with Crippen LogP contribution in [0.4, 0.5) is 5.82 Å². The summed E-state index contributed by atoms with van der Waals surface area (Å²) in [5.41, 5.74) is 3.00. The second kappa shape index (κ2) is 7.74. The number of hydrogen-bond acceptors (Lipinski definition) is 7. The van der Waals surface area contributed by atoms with Gasteiger partial charge in [0.1, 0.15) is 28.7 Å². The number of rotatable bonds is 4. The van der Waals surface area contributed by atoms with Crippen molar-refractivity contribution in [2.75, 3.05) is 38.2 Å². The zero-order valence-electron chi connectivity index (χ0n) is 18.4. The molecule has 9 nitrogen and oxygen atoms in total. The molecule has 1 N–H and O–H groups in total. The standard InChI is InChI=1S/C24H25N7O2/c1-33-21-6-16(12-30-23(21)17(7-25)11-28-30)15-2-5-22(27-10-15)29-13-19-3-4-20(14-29)31(19)24(32)18-8-26-9-18/h2,5-6,10-12,18-20,26H,3-4,8-9,13-14H2,1H3. The lowest BCUT2D eigenvalue weighted by molar-refractivity contribution is -0.140. The van der Waals surface area contributed by atoms with Gasteiger partial charge >= 0.3 is 0 Å². The van der Waals surface area contributed by atoms with E-state index in [0.717, 1.165) is 56.0 Å². The summed E-state index contributed by atoms with van der Waals surface area (Å²) >= 11 is 0. The van der Waals surface area contributed by atoms with Crippen LogP contribution in [0.1, 0.15) is 18.4 Å². The molecule has 0 aliphatic carbocycles. The maximum atomic E-state index is 12.9. The van der Waals surface area contributed by atoms with Crippen LogP contribution in [0, 0.1) is 17.2 Å². The highest BCUT2D eigenvalue weighted by Crippen LogP contribution is 2.35. The molecule has 6 rings (SSSR count). The first-order chi connectivity index (χ1) is 16.2. The fourth-order valence-corrected chi connectivity index (χ4v) is 5.35. The Kier molecular flexibility index (Phi) is 4.69. The highest BCUT2D eigenvalue weighted by atomic mass is 16.5. The molecule has 3 fully saturated rings. The number of nitriles is 1. The molecule has 3 aliphatic rings. The van der Waals surface area contributed by atoms with E-state index < -0.39 is 0 Å². The van der Waals surface area contributed by atoms with Crippen molar-refractivity contribution < 1.29 is 9.53 Å². The van der Waals surface area contributed by atoms with Gasteiger partial charge in [-0.2, -0.15) is 10.4 Å². The summed E-state index contributed by atoms with van der Waals surface area (Å²) in [4.78, 5) is 22.1. The van der Waals surface area contributed by atoms with Gasteiger partial charge in [0, 0.05) is 61.8 Å². The third kappa shape index (κ3) is 3.21. The Morgan fingerprint density at radius 1 is 1.18 bits per heavy atom. The van der Waals surface area contributed by atoms with Gasteiger partial charge in [-0.3, -0.25) is 4.79 Å². The number of nitrogens with one attached hydrogen (secondary N) is 1. The molecule has 0 aromatic carbocycles. The Morgan fingerprint density at radius 2 is 1.97 bits per heavy atom. The molecular weight excluding hydrogens is 418 g/mol. The van der Waals surface area contributed by atoms with Crippen molar-refractivity contribution in [1.29, 1.82) is 5.26 Å². The quantitative estimate of drug-likeness (QED) is 0.655. The maximum absolute atomic E-state index is 12.9. The molecule has 3 aliphatic heterocycles. The van der Waals surface area contributed by atoms with E-state index in [1.807, 2.05) is 24.5 Å². The summed E-state index contributed by atoms with van der Waals surface area (Å²) in [5.74, 6) is 2.02. The molecule has 0 radical (unpaired) electrons. The predicted molar refractivity (Wildman–Crippen MR) is 122 cm³/mol. The average Bonchev–Trinajstić information content (AvgIpc) is 3.35. The van der Waals surface area contributed by atoms with Crippen LogP contribution in [0.25, 0.3) is 16.6 Å². The molecule has 1 amide bonds. The predicted octanol–water partition coefficient (Wildman–Crippen LogP) is 1.68. The van der Waals surface area contributed by atoms with Crippen molar-refractivity contribution in [2.45, 2.75) is 24.9 Å². The van der Waals surface area contributed by atoms with E-state index in [9.17, 15) is 10.1 Å². The van der Waals surface area contributed by atoms with Crippen LogP contribution in [0.5, 0.6) is 5.75 Å². The Hall–Kier alpha value is -3.64. The van der Waals surface area contributed by atoms with Gasteiger partial charge in [0.2, 0.25) is 5.91 Å². The van der Waals surface area contributed by atoms with Crippen molar-refractivity contribution >= 4 is 17.2 Å². The maximum Gasteiger partial charge on any atom is 0.228 e. The molecule has 33 heavy (non-hydrogen) atoms. The van der Waals surface area contributed by atoms with Gasteiger partial charge < -0.3 is 19.9 Å². The molecule has 168 valence electrons. The molecule has 2 bridgehead atoms. The van der Waals surface area contributed by atoms with Crippen LogP contribution in [-0.2, 0) is 4.79 Å². The van der Waals surface area contributed by atoms with E-state index in [-0.39, 0.29) is 18.0 Å². The molecule has 3 aromatic heterocycles. The topological polar surface area (TPSA) is 98.8 Å². The zero-order chi connectivity index (χ0) is 22.5. The summed E-state index contributed by atoms with van der Waals surface area (Å²) < 4.78 is 7.19. The number of ether oxygens (including phenoxy) is 1. The number of carbonyl (C=O) groups is 1. The van der Waals surface area contributed by atoms with E-state index in [1.165, 1.54) is 0 Å². The van der Waals surface area contributed by atoms with Crippen LogP contribution in [0.15, 0.2) is 36.8 Å². The number of anilines is 1. The summed E-state index contributed by atoms with van der Waals surface area (Å²) in [5, 5.41) is 16.8. The lowest BCUT2D eigenvalue weighted by atomic mass is 9.99. The first-order valence-corrected chi connectivity index (χ1v) is 11.4. The number of pyridine rings is 2. The zero-order valence-corrected chi connectivity index (χ0v) is 18.4. The SMILES string of the molecule is COc1cc(-c2ccc(N3CC4CCC(C3)N4C(=O)C3CNC3)nc2)cn2ncc(C#N)c12. The third-order valence-corrected chi connectivity index (χ3v) is 7.19. The largest absolute Gasteiger partial charge is 0.494 e. The Balaban J connectivity index is 1.23. The number of carbonyl (C=O) groups excluding carboxylic acids is 1. The minimum Gasteiger partial charge on any atom is -0.494 e. The fraction of sp³-hybridized carbons (Fsp3) is 0.417. The van der Waals surface area contributed by atoms with E-state index >= 15 is 0 Å². The second-order valence-corrected chi connectivity index (χ2v) is 9.06. The van der Waals surface area contributed by atoms with Crippen molar-refractivity contribution in [2.24, 2.45) is 5.92 Å². The van der Waals surface area contributed by atoms with E-state index in [1.54, 1.807) is 17.8 Å². The first-order valence-electron chi connectivity index (χ1n) is 11.4. The van der Waals surface area contributed by atoms with Gasteiger partial charge in [0.05, 0.1) is 19.2 Å². The van der Waals surface area contributed by atoms with Gasteiger partial charge in [-0.05, 0) is 31.0 Å². The summed E-state index contributed by atoms with van der Waals surface area (Å²) in [6.45, 7) is 3.29. The molecule has 0 spiro atoms. The molecule has 2 atom stereocenters. The fourth-order valence-electron chi connectivity index (χ4n) is 5.35. The van der Waals surface area contributed by atoms with Crippen molar-refractivity contribution in [3.05, 3.63) is 42.4 Å². The number of aromatic nitrogens is 3. The van der Waals surface area contributed by atoms with Crippen LogP contribution in [-0.4, -0.2) is 70.8 Å².